The number of ether oxygens (including phenoxy) is 1. The van der Waals surface area contributed by atoms with Crippen LogP contribution in [-0.2, 0) is 11.2 Å². The number of aliphatic hydroxyl groups excluding tert-OH is 1. The molecule has 0 radical (unpaired) electrons. The molecule has 3 N–H and O–H groups in total. The maximum Gasteiger partial charge on any atom is 0.174 e. The molecule has 0 aromatic heterocycles. The van der Waals surface area contributed by atoms with Gasteiger partial charge in [0.05, 0.1) is 6.61 Å². The molecule has 0 aliphatic rings. The fraction of sp³-hybridized carbons (Fsp3) is 0.176. The molecule has 5 heteroatoms. The summed E-state index contributed by atoms with van der Waals surface area (Å²) >= 11 is 0. The van der Waals surface area contributed by atoms with Crippen molar-refractivity contribution in [3.05, 3.63) is 65.5 Å². The first-order valence-electron chi connectivity index (χ1n) is 6.79. The highest BCUT2D eigenvalue weighted by molar-refractivity contribution is 5.55. The smallest absolute Gasteiger partial charge is 0.174 e. The lowest BCUT2D eigenvalue weighted by Gasteiger charge is -2.08. The number of rotatable bonds is 6. The number of aromatic hydroxyl groups is 2. The minimum Gasteiger partial charge on any atom is -0.504 e. The summed E-state index contributed by atoms with van der Waals surface area (Å²) in [5, 5.41) is 28.2. The van der Waals surface area contributed by atoms with Crippen LogP contribution < -0.4 is 0 Å². The molecule has 0 spiro atoms. The van der Waals surface area contributed by atoms with Gasteiger partial charge in [0.15, 0.2) is 17.8 Å². The molecule has 116 valence electrons. The Morgan fingerprint density at radius 3 is 2.59 bits per heavy atom. The summed E-state index contributed by atoms with van der Waals surface area (Å²) in [6, 6.07) is 10.7. The summed E-state index contributed by atoms with van der Waals surface area (Å²) in [5.41, 5.74) is 1.13. The fourth-order valence-corrected chi connectivity index (χ4v) is 1.88. The van der Waals surface area contributed by atoms with Crippen molar-refractivity contribution in [2.24, 2.45) is 0 Å². The number of aliphatic hydroxyl groups is 1. The van der Waals surface area contributed by atoms with E-state index < -0.39 is 6.29 Å². The van der Waals surface area contributed by atoms with Crippen LogP contribution in [-0.4, -0.2) is 28.2 Å². The maximum atomic E-state index is 13.4. The molecular formula is C17H17FO4. The molecule has 0 aliphatic carbocycles. The second kappa shape index (κ2) is 7.59. The van der Waals surface area contributed by atoms with Crippen molar-refractivity contribution in [2.75, 3.05) is 6.61 Å². The van der Waals surface area contributed by atoms with Crippen LogP contribution >= 0.6 is 0 Å². The number of benzene rings is 2. The molecule has 0 amide bonds. The van der Waals surface area contributed by atoms with E-state index in [1.807, 2.05) is 0 Å². The number of phenols is 2. The third-order valence-corrected chi connectivity index (χ3v) is 3.07. The van der Waals surface area contributed by atoms with Gasteiger partial charge in [0, 0.05) is 0 Å². The van der Waals surface area contributed by atoms with Crippen LogP contribution in [0.4, 0.5) is 4.39 Å². The van der Waals surface area contributed by atoms with E-state index in [2.05, 4.69) is 0 Å². The van der Waals surface area contributed by atoms with Crippen molar-refractivity contribution in [2.45, 2.75) is 12.7 Å². The Balaban J connectivity index is 1.82. The van der Waals surface area contributed by atoms with E-state index in [4.69, 9.17) is 4.74 Å². The highest BCUT2D eigenvalue weighted by atomic mass is 19.1. The Kier molecular flexibility index (Phi) is 5.52. The second-order valence-corrected chi connectivity index (χ2v) is 4.71. The largest absolute Gasteiger partial charge is 0.504 e. The number of hydrogen-bond acceptors (Lipinski definition) is 4. The zero-order valence-electron chi connectivity index (χ0n) is 11.8. The van der Waals surface area contributed by atoms with E-state index in [9.17, 15) is 19.7 Å². The molecule has 1 unspecified atom stereocenters. The molecule has 0 fully saturated rings. The summed E-state index contributed by atoms with van der Waals surface area (Å²) in [5.74, 6) is -0.744. The second-order valence-electron chi connectivity index (χ2n) is 4.71. The topological polar surface area (TPSA) is 69.9 Å². The first-order chi connectivity index (χ1) is 10.6. The van der Waals surface area contributed by atoms with Gasteiger partial charge in [0.25, 0.3) is 0 Å². The number of phenolic OH excluding ortho intramolecular Hbond substituents is 2. The molecular weight excluding hydrogens is 287 g/mol. The predicted molar refractivity (Wildman–Crippen MR) is 80.9 cm³/mol. The van der Waals surface area contributed by atoms with E-state index in [0.29, 0.717) is 17.5 Å². The van der Waals surface area contributed by atoms with Crippen molar-refractivity contribution in [3.63, 3.8) is 0 Å². The molecule has 22 heavy (non-hydrogen) atoms. The highest BCUT2D eigenvalue weighted by Gasteiger charge is 2.04. The molecule has 0 bridgehead atoms. The minimum absolute atomic E-state index is 0.174. The van der Waals surface area contributed by atoms with Gasteiger partial charge in [-0.3, -0.25) is 0 Å². The van der Waals surface area contributed by atoms with Gasteiger partial charge in [0.1, 0.15) is 5.82 Å². The van der Waals surface area contributed by atoms with Crippen LogP contribution in [0, 0.1) is 5.82 Å². The van der Waals surface area contributed by atoms with E-state index in [1.54, 1.807) is 30.3 Å². The van der Waals surface area contributed by atoms with Gasteiger partial charge in [-0.15, -0.1) is 0 Å². The molecule has 0 aliphatic heterocycles. The average molecular weight is 304 g/mol. The van der Waals surface area contributed by atoms with Crippen molar-refractivity contribution in [1.29, 1.82) is 0 Å². The van der Waals surface area contributed by atoms with Crippen molar-refractivity contribution < 1.29 is 24.4 Å². The first kappa shape index (κ1) is 16.0. The van der Waals surface area contributed by atoms with Crippen LogP contribution in [0.1, 0.15) is 11.1 Å². The van der Waals surface area contributed by atoms with Crippen LogP contribution in [0.2, 0.25) is 0 Å². The molecule has 1 atom stereocenters. The standard InChI is InChI=1S/C17H17FO4/c18-14-4-2-1-3-13(14)9-10-22-17(21)8-6-12-5-7-15(19)16(20)11-12/h1-8,11,17,19-21H,9-10H2/b8-6+. The quantitative estimate of drug-likeness (QED) is 0.567. The van der Waals surface area contributed by atoms with Gasteiger partial charge in [-0.2, -0.15) is 0 Å². The first-order valence-corrected chi connectivity index (χ1v) is 6.79. The van der Waals surface area contributed by atoms with Gasteiger partial charge in [-0.25, -0.2) is 4.39 Å². The molecule has 2 rings (SSSR count). The van der Waals surface area contributed by atoms with E-state index in [-0.39, 0.29) is 23.9 Å². The van der Waals surface area contributed by atoms with Crippen LogP contribution in [0.3, 0.4) is 0 Å². The monoisotopic (exact) mass is 304 g/mol. The van der Waals surface area contributed by atoms with Crippen LogP contribution in [0.25, 0.3) is 6.08 Å². The number of halogens is 1. The van der Waals surface area contributed by atoms with Gasteiger partial charge in [0.2, 0.25) is 0 Å². The van der Waals surface area contributed by atoms with Gasteiger partial charge in [-0.05, 0) is 41.8 Å². The lowest BCUT2D eigenvalue weighted by molar-refractivity contribution is -0.0624. The maximum absolute atomic E-state index is 13.4. The minimum atomic E-state index is -1.14. The lowest BCUT2D eigenvalue weighted by atomic mass is 10.1. The Morgan fingerprint density at radius 2 is 1.86 bits per heavy atom. The molecule has 0 saturated heterocycles. The van der Waals surface area contributed by atoms with Crippen molar-refractivity contribution >= 4 is 6.08 Å². The Hall–Kier alpha value is -2.37. The van der Waals surface area contributed by atoms with Crippen LogP contribution in [0.15, 0.2) is 48.5 Å². The SMILES string of the molecule is Oc1ccc(/C=C/C(O)OCCc2ccccc2F)cc1O. The Labute approximate surface area is 127 Å². The Bertz CT molecular complexity index is 655. The van der Waals surface area contributed by atoms with Crippen LogP contribution in [0.5, 0.6) is 11.5 Å². The van der Waals surface area contributed by atoms with Gasteiger partial charge >= 0.3 is 0 Å². The van der Waals surface area contributed by atoms with E-state index >= 15 is 0 Å². The fourth-order valence-electron chi connectivity index (χ4n) is 1.88. The zero-order valence-corrected chi connectivity index (χ0v) is 11.8. The van der Waals surface area contributed by atoms with Gasteiger partial charge in [-0.1, -0.05) is 30.3 Å². The summed E-state index contributed by atoms with van der Waals surface area (Å²) in [6.07, 6.45) is 2.17. The third kappa shape index (κ3) is 4.58. The predicted octanol–water partition coefficient (Wildman–Crippen LogP) is 2.83. The molecule has 2 aromatic carbocycles. The summed E-state index contributed by atoms with van der Waals surface area (Å²) in [6.45, 7) is 0.174. The molecule has 0 saturated carbocycles. The molecule has 4 nitrogen and oxygen atoms in total. The molecule has 2 aromatic rings. The Morgan fingerprint density at radius 1 is 1.09 bits per heavy atom. The average Bonchev–Trinajstić information content (AvgIpc) is 2.50. The van der Waals surface area contributed by atoms with Gasteiger partial charge < -0.3 is 20.1 Å². The van der Waals surface area contributed by atoms with E-state index in [1.165, 1.54) is 24.3 Å². The summed E-state index contributed by atoms with van der Waals surface area (Å²) < 4.78 is 18.5. The number of hydrogen-bond donors (Lipinski definition) is 3. The molecule has 0 heterocycles. The van der Waals surface area contributed by atoms with E-state index in [0.717, 1.165) is 0 Å². The van der Waals surface area contributed by atoms with Crippen molar-refractivity contribution in [3.8, 4) is 11.5 Å². The summed E-state index contributed by atoms with van der Waals surface area (Å²) in [7, 11) is 0. The summed E-state index contributed by atoms with van der Waals surface area (Å²) in [4.78, 5) is 0. The van der Waals surface area contributed by atoms with Crippen molar-refractivity contribution in [1.82, 2.24) is 0 Å². The highest BCUT2D eigenvalue weighted by Crippen LogP contribution is 2.25. The lowest BCUT2D eigenvalue weighted by Crippen LogP contribution is -2.11. The zero-order chi connectivity index (χ0) is 15.9. The normalized spacial score (nSPS) is 12.6. The third-order valence-electron chi connectivity index (χ3n) is 3.07.